The van der Waals surface area contributed by atoms with Crippen LogP contribution in [0.15, 0.2) is 18.2 Å². The molecule has 2 nitrogen and oxygen atoms in total. The maximum atomic E-state index is 11.6. The summed E-state index contributed by atoms with van der Waals surface area (Å²) in [5, 5.41) is 3.78. The normalized spacial score (nSPS) is 10.6. The van der Waals surface area contributed by atoms with Crippen molar-refractivity contribution in [3.05, 3.63) is 28.2 Å². The van der Waals surface area contributed by atoms with Crippen molar-refractivity contribution in [2.24, 2.45) is 5.92 Å². The maximum Gasteiger partial charge on any atom is 0.234 e. The number of hydrogen-bond donors (Lipinski definition) is 1. The largest absolute Gasteiger partial charge is 0.324 e. The highest BCUT2D eigenvalue weighted by Gasteiger charge is 2.06. The molecule has 0 saturated heterocycles. The highest BCUT2D eigenvalue weighted by Crippen LogP contribution is 2.25. The average Bonchev–Trinajstić information content (AvgIpc) is 2.21. The lowest BCUT2D eigenvalue weighted by molar-refractivity contribution is -0.113. The van der Waals surface area contributed by atoms with E-state index in [4.69, 9.17) is 23.2 Å². The summed E-state index contributed by atoms with van der Waals surface area (Å²) >= 11 is 13.3. The fraction of sp³-hybridized carbons (Fsp3) is 0.417. The Labute approximate surface area is 116 Å². The first-order chi connectivity index (χ1) is 7.99. The minimum Gasteiger partial charge on any atom is -0.324 e. The number of rotatable bonds is 5. The monoisotopic (exact) mass is 291 g/mol. The van der Waals surface area contributed by atoms with Gasteiger partial charge in [-0.15, -0.1) is 0 Å². The number of anilines is 1. The Hall–Kier alpha value is -0.380. The number of benzene rings is 1. The second-order valence-corrected chi connectivity index (χ2v) is 5.96. The van der Waals surface area contributed by atoms with Gasteiger partial charge >= 0.3 is 0 Å². The van der Waals surface area contributed by atoms with E-state index in [9.17, 15) is 4.79 Å². The molecule has 0 saturated carbocycles. The van der Waals surface area contributed by atoms with E-state index in [1.807, 2.05) is 0 Å². The van der Waals surface area contributed by atoms with E-state index in [1.165, 1.54) is 0 Å². The van der Waals surface area contributed by atoms with Crippen LogP contribution in [0.1, 0.15) is 13.8 Å². The lowest BCUT2D eigenvalue weighted by Gasteiger charge is -2.08. The summed E-state index contributed by atoms with van der Waals surface area (Å²) in [6, 6.07) is 5.01. The van der Waals surface area contributed by atoms with Crippen molar-refractivity contribution in [1.29, 1.82) is 0 Å². The van der Waals surface area contributed by atoms with Crippen LogP contribution in [0.2, 0.25) is 10.0 Å². The first-order valence-corrected chi connectivity index (χ1v) is 7.22. The molecule has 0 aliphatic heterocycles. The molecule has 1 aromatic rings. The second kappa shape index (κ2) is 7.14. The van der Waals surface area contributed by atoms with E-state index in [-0.39, 0.29) is 5.91 Å². The van der Waals surface area contributed by atoms with Crippen molar-refractivity contribution in [2.75, 3.05) is 16.8 Å². The van der Waals surface area contributed by atoms with Gasteiger partial charge in [0.25, 0.3) is 0 Å². The number of carbonyl (C=O) groups is 1. The van der Waals surface area contributed by atoms with Gasteiger partial charge < -0.3 is 5.32 Å². The molecule has 1 N–H and O–H groups in total. The van der Waals surface area contributed by atoms with Crippen molar-refractivity contribution in [3.63, 3.8) is 0 Å². The second-order valence-electron chi connectivity index (χ2n) is 4.08. The molecule has 0 atom stereocenters. The molecule has 1 amide bonds. The number of hydrogen-bond acceptors (Lipinski definition) is 2. The molecule has 94 valence electrons. The van der Waals surface area contributed by atoms with E-state index in [2.05, 4.69) is 19.2 Å². The Morgan fingerprint density at radius 3 is 2.71 bits per heavy atom. The minimum atomic E-state index is -0.0418. The molecule has 0 heterocycles. The van der Waals surface area contributed by atoms with Crippen LogP contribution in [0.3, 0.4) is 0 Å². The van der Waals surface area contributed by atoms with Crippen LogP contribution in [0.4, 0.5) is 5.69 Å². The van der Waals surface area contributed by atoms with E-state index >= 15 is 0 Å². The molecular weight excluding hydrogens is 277 g/mol. The third-order valence-corrected chi connectivity index (χ3v) is 3.81. The molecule has 0 spiro atoms. The highest BCUT2D eigenvalue weighted by molar-refractivity contribution is 7.99. The third-order valence-electron chi connectivity index (χ3n) is 1.89. The Morgan fingerprint density at radius 2 is 2.12 bits per heavy atom. The molecule has 0 aromatic heterocycles. The van der Waals surface area contributed by atoms with Gasteiger partial charge in [0.1, 0.15) is 0 Å². The molecule has 0 bridgehead atoms. The summed E-state index contributed by atoms with van der Waals surface area (Å²) in [5.74, 6) is 1.96. The predicted molar refractivity (Wildman–Crippen MR) is 77.3 cm³/mol. The number of nitrogens with one attached hydrogen (secondary N) is 1. The lowest BCUT2D eigenvalue weighted by atomic mass is 10.3. The SMILES string of the molecule is CC(C)CSCC(=O)Nc1ccc(Cl)cc1Cl. The molecule has 0 unspecified atom stereocenters. The third kappa shape index (κ3) is 5.66. The van der Waals surface area contributed by atoms with Gasteiger partial charge in [0.05, 0.1) is 16.5 Å². The molecule has 0 fully saturated rings. The van der Waals surface area contributed by atoms with Gasteiger partial charge in [-0.25, -0.2) is 0 Å². The van der Waals surface area contributed by atoms with Crippen LogP contribution in [0.5, 0.6) is 0 Å². The fourth-order valence-electron chi connectivity index (χ4n) is 1.16. The van der Waals surface area contributed by atoms with Crippen LogP contribution in [-0.4, -0.2) is 17.4 Å². The van der Waals surface area contributed by atoms with Gasteiger partial charge in [-0.2, -0.15) is 11.8 Å². The standard InChI is InChI=1S/C12H15Cl2NOS/c1-8(2)6-17-7-12(16)15-11-4-3-9(13)5-10(11)14/h3-5,8H,6-7H2,1-2H3,(H,15,16). The number of amides is 1. The summed E-state index contributed by atoms with van der Waals surface area (Å²) in [7, 11) is 0. The summed E-state index contributed by atoms with van der Waals surface area (Å²) < 4.78 is 0. The topological polar surface area (TPSA) is 29.1 Å². The zero-order chi connectivity index (χ0) is 12.8. The van der Waals surface area contributed by atoms with Gasteiger partial charge in [-0.05, 0) is 29.9 Å². The first-order valence-electron chi connectivity index (χ1n) is 5.31. The van der Waals surface area contributed by atoms with Crippen LogP contribution in [-0.2, 0) is 4.79 Å². The molecule has 17 heavy (non-hydrogen) atoms. The van der Waals surface area contributed by atoms with E-state index in [0.717, 1.165) is 5.75 Å². The molecule has 1 aromatic carbocycles. The van der Waals surface area contributed by atoms with Gasteiger partial charge in [0.2, 0.25) is 5.91 Å². The van der Waals surface area contributed by atoms with Crippen LogP contribution in [0, 0.1) is 5.92 Å². The van der Waals surface area contributed by atoms with Gasteiger partial charge in [0, 0.05) is 5.02 Å². The summed E-state index contributed by atoms with van der Waals surface area (Å²) in [6.45, 7) is 4.25. The molecule has 0 aliphatic carbocycles. The lowest BCUT2D eigenvalue weighted by Crippen LogP contribution is -2.15. The number of carbonyl (C=O) groups excluding carboxylic acids is 1. The zero-order valence-electron chi connectivity index (χ0n) is 9.80. The summed E-state index contributed by atoms with van der Waals surface area (Å²) in [6.07, 6.45) is 0. The number of halogens is 2. The van der Waals surface area contributed by atoms with E-state index in [1.54, 1.807) is 30.0 Å². The average molecular weight is 292 g/mol. The highest BCUT2D eigenvalue weighted by atomic mass is 35.5. The Morgan fingerprint density at radius 1 is 1.41 bits per heavy atom. The van der Waals surface area contributed by atoms with Crippen LogP contribution in [0.25, 0.3) is 0 Å². The molecule has 0 aliphatic rings. The Kier molecular flexibility index (Phi) is 6.17. The first kappa shape index (κ1) is 14.7. The molecular formula is C12H15Cl2NOS. The Bertz CT molecular complexity index is 396. The molecule has 0 radical (unpaired) electrons. The van der Waals surface area contributed by atoms with Crippen molar-refractivity contribution >= 4 is 46.6 Å². The fourth-order valence-corrected chi connectivity index (χ4v) is 2.47. The van der Waals surface area contributed by atoms with Gasteiger partial charge in [0.15, 0.2) is 0 Å². The summed E-state index contributed by atoms with van der Waals surface area (Å²) in [5.41, 5.74) is 0.603. The van der Waals surface area contributed by atoms with Crippen molar-refractivity contribution < 1.29 is 4.79 Å². The van der Waals surface area contributed by atoms with Gasteiger partial charge in [-0.1, -0.05) is 37.0 Å². The summed E-state index contributed by atoms with van der Waals surface area (Å²) in [4.78, 5) is 11.6. The van der Waals surface area contributed by atoms with Crippen molar-refractivity contribution in [3.8, 4) is 0 Å². The Balaban J connectivity index is 2.45. The smallest absolute Gasteiger partial charge is 0.234 e. The zero-order valence-corrected chi connectivity index (χ0v) is 12.1. The minimum absolute atomic E-state index is 0.0418. The van der Waals surface area contributed by atoms with Crippen molar-refractivity contribution in [1.82, 2.24) is 0 Å². The van der Waals surface area contributed by atoms with E-state index in [0.29, 0.717) is 27.4 Å². The molecule has 1 rings (SSSR count). The van der Waals surface area contributed by atoms with Gasteiger partial charge in [-0.3, -0.25) is 4.79 Å². The van der Waals surface area contributed by atoms with Crippen LogP contribution < -0.4 is 5.32 Å². The quantitative estimate of drug-likeness (QED) is 0.875. The number of thioether (sulfide) groups is 1. The van der Waals surface area contributed by atoms with Crippen LogP contribution >= 0.6 is 35.0 Å². The van der Waals surface area contributed by atoms with E-state index < -0.39 is 0 Å². The van der Waals surface area contributed by atoms with Crippen molar-refractivity contribution in [2.45, 2.75) is 13.8 Å². The molecule has 5 heteroatoms. The predicted octanol–water partition coefficient (Wildman–Crippen LogP) is 4.32. The maximum absolute atomic E-state index is 11.6.